The van der Waals surface area contributed by atoms with Gasteiger partial charge in [0.15, 0.2) is 5.16 Å². The van der Waals surface area contributed by atoms with E-state index in [4.69, 9.17) is 5.73 Å². The van der Waals surface area contributed by atoms with Crippen LogP contribution in [0.15, 0.2) is 39.2 Å². The molecule has 0 aliphatic carbocycles. The van der Waals surface area contributed by atoms with Crippen molar-refractivity contribution in [2.75, 3.05) is 5.73 Å². The highest BCUT2D eigenvalue weighted by Gasteiger charge is 2.18. The zero-order valence-corrected chi connectivity index (χ0v) is 15.3. The first-order valence-corrected chi connectivity index (χ1v) is 9.39. The molecule has 3 aromatic rings. The van der Waals surface area contributed by atoms with Crippen molar-refractivity contribution in [2.24, 2.45) is 4.99 Å². The number of nitrogen functional groups attached to an aromatic ring is 1. The molecule has 6 nitrogen and oxygen atoms in total. The summed E-state index contributed by atoms with van der Waals surface area (Å²) >= 11 is 2.77. The third kappa shape index (κ3) is 2.77. The minimum atomic E-state index is -0.354. The van der Waals surface area contributed by atoms with Crippen LogP contribution in [0, 0.1) is 0 Å². The van der Waals surface area contributed by atoms with E-state index in [9.17, 15) is 4.79 Å². The van der Waals surface area contributed by atoms with E-state index in [1.165, 1.54) is 11.5 Å². The zero-order valence-electron chi connectivity index (χ0n) is 13.6. The summed E-state index contributed by atoms with van der Waals surface area (Å²) in [5.41, 5.74) is 9.05. The molecule has 0 amide bonds. The third-order valence-electron chi connectivity index (χ3n) is 3.73. The van der Waals surface area contributed by atoms with Crippen LogP contribution in [0.1, 0.15) is 25.0 Å². The molecule has 0 spiro atoms. The fourth-order valence-electron chi connectivity index (χ4n) is 2.63. The number of thioether (sulfide) groups is 1. The van der Waals surface area contributed by atoms with Gasteiger partial charge in [0, 0.05) is 34.1 Å². The SMILES string of the molecule is CC(C)Sc1nsc2nc(=O)c(/C=C3\C=Nc4ccccc43)c(N)n12. The lowest BCUT2D eigenvalue weighted by molar-refractivity contribution is 0.941. The summed E-state index contributed by atoms with van der Waals surface area (Å²) in [4.78, 5) is 21.5. The number of allylic oxidation sites excluding steroid dienone is 1. The maximum atomic E-state index is 12.5. The van der Waals surface area contributed by atoms with Crippen LogP contribution >= 0.6 is 23.3 Å². The molecule has 0 atom stereocenters. The lowest BCUT2D eigenvalue weighted by Gasteiger charge is -2.07. The van der Waals surface area contributed by atoms with Crippen LogP contribution in [0.3, 0.4) is 0 Å². The molecule has 1 aliphatic heterocycles. The van der Waals surface area contributed by atoms with Crippen LogP contribution in [-0.4, -0.2) is 25.2 Å². The van der Waals surface area contributed by atoms with E-state index in [-0.39, 0.29) is 5.56 Å². The van der Waals surface area contributed by atoms with Crippen LogP contribution in [0.2, 0.25) is 0 Å². The first kappa shape index (κ1) is 16.0. The number of nitrogens with zero attached hydrogens (tertiary/aromatic N) is 4. The molecule has 0 radical (unpaired) electrons. The Morgan fingerprint density at radius 2 is 2.12 bits per heavy atom. The molecule has 8 heteroatoms. The Labute approximate surface area is 152 Å². The Kier molecular flexibility index (Phi) is 3.93. The van der Waals surface area contributed by atoms with Crippen LogP contribution in [0.25, 0.3) is 16.6 Å². The van der Waals surface area contributed by atoms with Crippen LogP contribution in [0.4, 0.5) is 11.5 Å². The summed E-state index contributed by atoms with van der Waals surface area (Å²) in [6, 6.07) is 7.78. The summed E-state index contributed by atoms with van der Waals surface area (Å²) in [6.45, 7) is 4.16. The smallest absolute Gasteiger partial charge is 0.283 e. The van der Waals surface area contributed by atoms with Gasteiger partial charge in [-0.05, 0) is 12.1 Å². The summed E-state index contributed by atoms with van der Waals surface area (Å²) < 4.78 is 6.14. The molecule has 25 heavy (non-hydrogen) atoms. The number of hydrogen-bond donors (Lipinski definition) is 1. The molecule has 2 aromatic heterocycles. The van der Waals surface area contributed by atoms with Crippen LogP contribution in [0.5, 0.6) is 0 Å². The van der Waals surface area contributed by atoms with E-state index in [1.54, 1.807) is 28.5 Å². The van der Waals surface area contributed by atoms with Gasteiger partial charge in [-0.3, -0.25) is 9.79 Å². The Morgan fingerprint density at radius 3 is 2.92 bits per heavy atom. The number of aliphatic imine (C=N–C) groups is 1. The number of hydrogen-bond acceptors (Lipinski definition) is 7. The van der Waals surface area contributed by atoms with E-state index in [0.717, 1.165) is 22.0 Å². The molecule has 0 fully saturated rings. The van der Waals surface area contributed by atoms with Gasteiger partial charge >= 0.3 is 0 Å². The number of rotatable bonds is 3. The van der Waals surface area contributed by atoms with Gasteiger partial charge in [0.2, 0.25) is 4.96 Å². The van der Waals surface area contributed by atoms with Gasteiger partial charge in [0.25, 0.3) is 5.56 Å². The molecule has 126 valence electrons. The molecule has 2 N–H and O–H groups in total. The van der Waals surface area contributed by atoms with Gasteiger partial charge in [0.1, 0.15) is 5.82 Å². The second kappa shape index (κ2) is 6.12. The van der Waals surface area contributed by atoms with Crippen LogP contribution < -0.4 is 11.3 Å². The van der Waals surface area contributed by atoms with Crippen molar-refractivity contribution in [1.82, 2.24) is 13.8 Å². The van der Waals surface area contributed by atoms with Crippen molar-refractivity contribution in [2.45, 2.75) is 24.3 Å². The molecule has 1 aliphatic rings. The second-order valence-corrected chi connectivity index (χ2v) is 8.11. The van der Waals surface area contributed by atoms with Gasteiger partial charge in [0.05, 0.1) is 11.3 Å². The van der Waals surface area contributed by atoms with Crippen molar-refractivity contribution < 1.29 is 0 Å². The Morgan fingerprint density at radius 1 is 1.32 bits per heavy atom. The lowest BCUT2D eigenvalue weighted by atomic mass is 10.1. The number of fused-ring (bicyclic) bond motifs is 2. The van der Waals surface area contributed by atoms with E-state index in [2.05, 4.69) is 28.2 Å². The number of aromatic nitrogens is 3. The number of nitrogens with two attached hydrogens (primary N) is 1. The summed E-state index contributed by atoms with van der Waals surface area (Å²) in [7, 11) is 0. The minimum absolute atomic E-state index is 0.347. The minimum Gasteiger partial charge on any atom is -0.384 e. The molecule has 3 heterocycles. The topological polar surface area (TPSA) is 85.6 Å². The van der Waals surface area contributed by atoms with E-state index in [1.807, 2.05) is 24.3 Å². The standard InChI is InChI=1S/C17H15N5OS2/c1-9(2)24-17-21-25-16-20-15(23)12(14(18)22(16)17)7-10-8-19-13-6-4-3-5-11(10)13/h3-9H,18H2,1-2H3/b10-7+. The molecular formula is C17H15N5OS2. The fourth-order valence-corrected chi connectivity index (χ4v) is 4.31. The van der Waals surface area contributed by atoms with Crippen LogP contribution in [-0.2, 0) is 0 Å². The van der Waals surface area contributed by atoms with Gasteiger partial charge in [-0.15, -0.1) is 0 Å². The van der Waals surface area contributed by atoms with Crippen molar-refractivity contribution in [1.29, 1.82) is 0 Å². The molecule has 0 saturated heterocycles. The molecule has 0 unspecified atom stereocenters. The Hall–Kier alpha value is -2.45. The first-order chi connectivity index (χ1) is 12.0. The molecule has 0 saturated carbocycles. The molecule has 1 aromatic carbocycles. The average molecular weight is 369 g/mol. The molecular weight excluding hydrogens is 354 g/mol. The normalized spacial score (nSPS) is 14.8. The van der Waals surface area contributed by atoms with E-state index in [0.29, 0.717) is 21.6 Å². The highest BCUT2D eigenvalue weighted by atomic mass is 32.2. The number of anilines is 1. The molecule has 0 bridgehead atoms. The lowest BCUT2D eigenvalue weighted by Crippen LogP contribution is -2.16. The summed E-state index contributed by atoms with van der Waals surface area (Å²) in [6.07, 6.45) is 3.50. The van der Waals surface area contributed by atoms with Crippen molar-refractivity contribution in [3.63, 3.8) is 0 Å². The van der Waals surface area contributed by atoms with Gasteiger partial charge in [-0.25, -0.2) is 4.40 Å². The monoisotopic (exact) mass is 369 g/mol. The van der Waals surface area contributed by atoms with Gasteiger partial charge in [-0.1, -0.05) is 43.8 Å². The first-order valence-electron chi connectivity index (χ1n) is 7.74. The predicted molar refractivity (Wildman–Crippen MR) is 105 cm³/mol. The largest absolute Gasteiger partial charge is 0.384 e. The highest BCUT2D eigenvalue weighted by molar-refractivity contribution is 7.99. The Balaban J connectivity index is 1.90. The van der Waals surface area contributed by atoms with Crippen molar-refractivity contribution in [3.05, 3.63) is 45.7 Å². The van der Waals surface area contributed by atoms with Gasteiger partial charge in [-0.2, -0.15) is 9.36 Å². The van der Waals surface area contributed by atoms with Crippen molar-refractivity contribution in [3.8, 4) is 0 Å². The van der Waals surface area contributed by atoms with Gasteiger partial charge < -0.3 is 5.73 Å². The average Bonchev–Trinajstić information content (AvgIpc) is 3.15. The second-order valence-electron chi connectivity index (χ2n) is 5.84. The maximum absolute atomic E-state index is 12.5. The summed E-state index contributed by atoms with van der Waals surface area (Å²) in [5, 5.41) is 1.10. The highest BCUT2D eigenvalue weighted by Crippen LogP contribution is 2.33. The Bertz CT molecular complexity index is 1090. The number of benzene rings is 1. The number of para-hydroxylation sites is 1. The predicted octanol–water partition coefficient (Wildman–Crippen LogP) is 3.49. The summed E-state index contributed by atoms with van der Waals surface area (Å²) in [5.74, 6) is 0.359. The quantitative estimate of drug-likeness (QED) is 0.714. The van der Waals surface area contributed by atoms with Crippen molar-refractivity contribution >= 4 is 57.6 Å². The third-order valence-corrected chi connectivity index (χ3v) is 5.50. The van der Waals surface area contributed by atoms with E-state index >= 15 is 0 Å². The van der Waals surface area contributed by atoms with E-state index < -0.39 is 0 Å². The maximum Gasteiger partial charge on any atom is 0.283 e. The zero-order chi connectivity index (χ0) is 17.6. The molecule has 4 rings (SSSR count). The fraction of sp³-hybridized carbons (Fsp3) is 0.176.